The van der Waals surface area contributed by atoms with Crippen LogP contribution in [0, 0.1) is 0 Å². The minimum absolute atomic E-state index is 0.197. The van der Waals surface area contributed by atoms with Crippen LogP contribution in [0.1, 0.15) is 17.5 Å². The molecule has 2 N–H and O–H groups in total. The monoisotopic (exact) mass is 259 g/mol. The maximum Gasteiger partial charge on any atom is 0.231 e. The molecule has 102 valence electrons. The number of hydrogen-bond acceptors (Lipinski definition) is 3. The van der Waals surface area contributed by atoms with Crippen molar-refractivity contribution in [3.05, 3.63) is 29.3 Å². The second-order valence-electron chi connectivity index (χ2n) is 5.49. The fourth-order valence-electron chi connectivity index (χ4n) is 2.93. The van der Waals surface area contributed by atoms with E-state index >= 15 is 0 Å². The average Bonchev–Trinajstić information content (AvgIpc) is 3.00. The number of fused-ring (bicyclic) bond motifs is 1. The quantitative estimate of drug-likeness (QED) is 0.836. The van der Waals surface area contributed by atoms with Gasteiger partial charge in [0.05, 0.1) is 6.42 Å². The van der Waals surface area contributed by atoms with Gasteiger partial charge in [-0.3, -0.25) is 4.79 Å². The van der Waals surface area contributed by atoms with Gasteiger partial charge in [0.25, 0.3) is 0 Å². The zero-order valence-electron chi connectivity index (χ0n) is 11.4. The Morgan fingerprint density at radius 3 is 3.16 bits per heavy atom. The molecule has 0 aromatic heterocycles. The molecular formula is C15H21N3O. The van der Waals surface area contributed by atoms with Crippen LogP contribution in [0.15, 0.2) is 18.2 Å². The van der Waals surface area contributed by atoms with Gasteiger partial charge in [-0.2, -0.15) is 0 Å². The molecule has 0 radical (unpaired) electrons. The van der Waals surface area contributed by atoms with Crippen molar-refractivity contribution >= 4 is 11.6 Å². The summed E-state index contributed by atoms with van der Waals surface area (Å²) < 4.78 is 0. The first-order valence-corrected chi connectivity index (χ1v) is 7.06. The SMILES string of the molecule is CN1C(=O)Cc2cc(CCNC3CCNC3)ccc21. The molecule has 0 spiro atoms. The highest BCUT2D eigenvalue weighted by molar-refractivity contribution is 6.00. The van der Waals surface area contributed by atoms with E-state index in [9.17, 15) is 4.79 Å². The second-order valence-corrected chi connectivity index (χ2v) is 5.49. The Kier molecular flexibility index (Phi) is 3.53. The molecule has 0 aliphatic carbocycles. The molecule has 2 aliphatic rings. The zero-order chi connectivity index (χ0) is 13.2. The van der Waals surface area contributed by atoms with Gasteiger partial charge >= 0.3 is 0 Å². The number of nitrogens with zero attached hydrogens (tertiary/aromatic N) is 1. The molecule has 4 nitrogen and oxygen atoms in total. The van der Waals surface area contributed by atoms with Crippen LogP contribution in [0.5, 0.6) is 0 Å². The standard InChI is InChI=1S/C15H21N3O/c1-18-14-3-2-11(8-12(14)9-15(18)19)4-7-17-13-5-6-16-10-13/h2-3,8,13,16-17H,4-7,9-10H2,1H3. The van der Waals surface area contributed by atoms with E-state index in [1.165, 1.54) is 17.5 Å². The number of anilines is 1. The van der Waals surface area contributed by atoms with Crippen LogP contribution in [-0.4, -0.2) is 38.6 Å². The fraction of sp³-hybridized carbons (Fsp3) is 0.533. The number of hydrogen-bond donors (Lipinski definition) is 2. The minimum Gasteiger partial charge on any atom is -0.315 e. The Labute approximate surface area is 114 Å². The Morgan fingerprint density at radius 2 is 2.37 bits per heavy atom. The number of likely N-dealkylation sites (N-methyl/N-ethyl adjacent to an activating group) is 1. The zero-order valence-corrected chi connectivity index (χ0v) is 11.4. The maximum absolute atomic E-state index is 11.6. The lowest BCUT2D eigenvalue weighted by Crippen LogP contribution is -2.32. The molecule has 0 saturated carbocycles. The van der Waals surface area contributed by atoms with Crippen LogP contribution in [0.25, 0.3) is 0 Å². The van der Waals surface area contributed by atoms with Gasteiger partial charge in [0.15, 0.2) is 0 Å². The van der Waals surface area contributed by atoms with Gasteiger partial charge < -0.3 is 15.5 Å². The van der Waals surface area contributed by atoms with E-state index in [0.717, 1.165) is 31.7 Å². The smallest absolute Gasteiger partial charge is 0.231 e. The van der Waals surface area contributed by atoms with Crippen molar-refractivity contribution in [3.8, 4) is 0 Å². The first kappa shape index (κ1) is 12.6. The van der Waals surface area contributed by atoms with Crippen LogP contribution in [0.2, 0.25) is 0 Å². The van der Waals surface area contributed by atoms with E-state index in [0.29, 0.717) is 12.5 Å². The van der Waals surface area contributed by atoms with E-state index in [-0.39, 0.29) is 5.91 Å². The molecule has 1 saturated heterocycles. The topological polar surface area (TPSA) is 44.4 Å². The van der Waals surface area contributed by atoms with Gasteiger partial charge in [0.1, 0.15) is 0 Å². The van der Waals surface area contributed by atoms with Crippen LogP contribution in [0.3, 0.4) is 0 Å². The summed E-state index contributed by atoms with van der Waals surface area (Å²) in [5, 5.41) is 6.93. The van der Waals surface area contributed by atoms with Crippen LogP contribution < -0.4 is 15.5 Å². The predicted octanol–water partition coefficient (Wildman–Crippen LogP) is 0.699. The van der Waals surface area contributed by atoms with Gasteiger partial charge in [0, 0.05) is 25.3 Å². The number of carbonyl (C=O) groups is 1. The minimum atomic E-state index is 0.197. The summed E-state index contributed by atoms with van der Waals surface area (Å²) >= 11 is 0. The fourth-order valence-corrected chi connectivity index (χ4v) is 2.93. The molecule has 1 amide bonds. The number of amides is 1. The highest BCUT2D eigenvalue weighted by Crippen LogP contribution is 2.28. The molecular weight excluding hydrogens is 238 g/mol. The van der Waals surface area contributed by atoms with Gasteiger partial charge in [-0.25, -0.2) is 0 Å². The van der Waals surface area contributed by atoms with Crippen LogP contribution in [-0.2, 0) is 17.6 Å². The van der Waals surface area contributed by atoms with Crippen molar-refractivity contribution in [1.82, 2.24) is 10.6 Å². The predicted molar refractivity (Wildman–Crippen MR) is 76.5 cm³/mol. The van der Waals surface area contributed by atoms with Crippen LogP contribution in [0.4, 0.5) is 5.69 Å². The van der Waals surface area contributed by atoms with Gasteiger partial charge in [-0.1, -0.05) is 12.1 Å². The largest absolute Gasteiger partial charge is 0.315 e. The Bertz CT molecular complexity index is 480. The molecule has 1 unspecified atom stereocenters. The van der Waals surface area contributed by atoms with E-state index < -0.39 is 0 Å². The van der Waals surface area contributed by atoms with Crippen molar-refractivity contribution in [2.45, 2.75) is 25.3 Å². The maximum atomic E-state index is 11.6. The lowest BCUT2D eigenvalue weighted by atomic mass is 10.1. The third kappa shape index (κ3) is 2.65. The summed E-state index contributed by atoms with van der Waals surface area (Å²) in [5.41, 5.74) is 3.56. The third-order valence-corrected chi connectivity index (χ3v) is 4.13. The normalized spacial score (nSPS) is 22.1. The molecule has 0 bridgehead atoms. The van der Waals surface area contributed by atoms with Crippen molar-refractivity contribution in [2.24, 2.45) is 0 Å². The van der Waals surface area contributed by atoms with Gasteiger partial charge in [-0.05, 0) is 43.1 Å². The first-order valence-electron chi connectivity index (χ1n) is 7.06. The van der Waals surface area contributed by atoms with Crippen molar-refractivity contribution < 1.29 is 4.79 Å². The summed E-state index contributed by atoms with van der Waals surface area (Å²) in [6, 6.07) is 7.03. The molecule has 1 aromatic carbocycles. The Hall–Kier alpha value is -1.39. The summed E-state index contributed by atoms with van der Waals surface area (Å²) in [6.07, 6.45) is 2.81. The first-order chi connectivity index (χ1) is 9.24. The highest BCUT2D eigenvalue weighted by Gasteiger charge is 2.23. The molecule has 1 fully saturated rings. The molecule has 1 atom stereocenters. The van der Waals surface area contributed by atoms with E-state index in [4.69, 9.17) is 0 Å². The summed E-state index contributed by atoms with van der Waals surface area (Å²) in [4.78, 5) is 13.4. The molecule has 2 aliphatic heterocycles. The van der Waals surface area contributed by atoms with Gasteiger partial charge in [0.2, 0.25) is 5.91 Å². The number of nitrogens with one attached hydrogen (secondary N) is 2. The molecule has 19 heavy (non-hydrogen) atoms. The highest BCUT2D eigenvalue weighted by atomic mass is 16.2. The summed E-state index contributed by atoms with van der Waals surface area (Å²) in [5.74, 6) is 0.197. The van der Waals surface area contributed by atoms with E-state index in [2.05, 4.69) is 28.8 Å². The molecule has 2 heterocycles. The molecule has 1 aromatic rings. The number of carbonyl (C=O) groups excluding carboxylic acids is 1. The number of benzene rings is 1. The summed E-state index contributed by atoms with van der Waals surface area (Å²) in [6.45, 7) is 3.23. The Morgan fingerprint density at radius 1 is 1.47 bits per heavy atom. The van der Waals surface area contributed by atoms with Crippen molar-refractivity contribution in [1.29, 1.82) is 0 Å². The Balaban J connectivity index is 1.57. The van der Waals surface area contributed by atoms with Crippen molar-refractivity contribution in [3.63, 3.8) is 0 Å². The average molecular weight is 259 g/mol. The lowest BCUT2D eigenvalue weighted by Gasteiger charge is -2.12. The van der Waals surface area contributed by atoms with E-state index in [1.54, 1.807) is 4.90 Å². The number of rotatable bonds is 4. The summed E-state index contributed by atoms with van der Waals surface area (Å²) in [7, 11) is 1.85. The molecule has 3 rings (SSSR count). The van der Waals surface area contributed by atoms with Gasteiger partial charge in [-0.15, -0.1) is 0 Å². The van der Waals surface area contributed by atoms with E-state index in [1.807, 2.05) is 7.05 Å². The molecule has 4 heteroatoms. The van der Waals surface area contributed by atoms with Crippen LogP contribution >= 0.6 is 0 Å². The second kappa shape index (κ2) is 5.31. The lowest BCUT2D eigenvalue weighted by molar-refractivity contribution is -0.117. The third-order valence-electron chi connectivity index (χ3n) is 4.13. The van der Waals surface area contributed by atoms with Crippen molar-refractivity contribution in [2.75, 3.05) is 31.6 Å².